The average Bonchev–Trinajstić information content (AvgIpc) is 3.21. The van der Waals surface area contributed by atoms with Crippen LogP contribution in [0, 0.1) is 0 Å². The maximum Gasteiger partial charge on any atom is 0.268 e. The molecular weight excluding hydrogens is 396 g/mol. The molecule has 2 amide bonds. The molecule has 142 valence electrons. The van der Waals surface area contributed by atoms with Gasteiger partial charge in [-0.05, 0) is 54.3 Å². The Morgan fingerprint density at radius 3 is 2.82 bits per heavy atom. The van der Waals surface area contributed by atoms with E-state index in [0.29, 0.717) is 33.6 Å². The number of carbonyl (C=O) groups excluding carboxylic acids is 2. The number of thiophene rings is 1. The Morgan fingerprint density at radius 2 is 2.07 bits per heavy atom. The molecule has 0 saturated heterocycles. The summed E-state index contributed by atoms with van der Waals surface area (Å²) >= 11 is 7.45. The van der Waals surface area contributed by atoms with E-state index in [1.54, 1.807) is 42.2 Å². The van der Waals surface area contributed by atoms with Crippen LogP contribution in [0.25, 0.3) is 0 Å². The third-order valence-corrected chi connectivity index (χ3v) is 5.50. The van der Waals surface area contributed by atoms with Crippen molar-refractivity contribution in [2.45, 2.75) is 19.6 Å². The molecule has 4 rings (SSSR count). The molecule has 1 N–H and O–H groups in total. The largest absolute Gasteiger partial charge is 0.479 e. The number of anilines is 2. The quantitative estimate of drug-likeness (QED) is 0.658. The van der Waals surface area contributed by atoms with Gasteiger partial charge < -0.3 is 15.0 Å². The number of fused-ring (bicyclic) bond motifs is 1. The maximum atomic E-state index is 12.8. The standard InChI is InChI=1S/C21H17ClN2O3S/c1-13-21(26)24(12-14-4-2-5-15(22)10-14)17-11-16(7-8-18(17)27-13)23-20(25)19-6-3-9-28-19/h2-11,13H,12H2,1H3,(H,23,25). The zero-order chi connectivity index (χ0) is 19.7. The molecule has 7 heteroatoms. The van der Waals surface area contributed by atoms with Gasteiger partial charge in [0.05, 0.1) is 17.1 Å². The zero-order valence-electron chi connectivity index (χ0n) is 15.0. The molecule has 0 aliphatic carbocycles. The molecule has 1 aliphatic heterocycles. The first-order valence-electron chi connectivity index (χ1n) is 8.72. The van der Waals surface area contributed by atoms with Gasteiger partial charge in [0.15, 0.2) is 6.10 Å². The predicted octanol–water partition coefficient (Wildman–Crippen LogP) is 4.97. The first kappa shape index (κ1) is 18.5. The van der Waals surface area contributed by atoms with E-state index in [0.717, 1.165) is 5.56 Å². The minimum absolute atomic E-state index is 0.144. The van der Waals surface area contributed by atoms with Gasteiger partial charge in [0.2, 0.25) is 0 Å². The topological polar surface area (TPSA) is 58.6 Å². The SMILES string of the molecule is CC1Oc2ccc(NC(=O)c3cccs3)cc2N(Cc2cccc(Cl)c2)C1=O. The van der Waals surface area contributed by atoms with Crippen LogP contribution in [0.4, 0.5) is 11.4 Å². The molecule has 0 fully saturated rings. The summed E-state index contributed by atoms with van der Waals surface area (Å²) < 4.78 is 5.74. The molecule has 5 nitrogen and oxygen atoms in total. The summed E-state index contributed by atoms with van der Waals surface area (Å²) in [5.41, 5.74) is 2.13. The molecule has 28 heavy (non-hydrogen) atoms. The summed E-state index contributed by atoms with van der Waals surface area (Å²) in [5.74, 6) is 0.269. The Hall–Kier alpha value is -2.83. The molecule has 1 aromatic heterocycles. The average molecular weight is 413 g/mol. The van der Waals surface area contributed by atoms with E-state index in [1.807, 2.05) is 29.6 Å². The van der Waals surface area contributed by atoms with Gasteiger partial charge in [-0.15, -0.1) is 11.3 Å². The van der Waals surface area contributed by atoms with Crippen LogP contribution in [-0.2, 0) is 11.3 Å². The molecule has 2 heterocycles. The molecule has 0 bridgehead atoms. The Balaban J connectivity index is 1.65. The van der Waals surface area contributed by atoms with Crippen molar-refractivity contribution in [1.82, 2.24) is 0 Å². The number of nitrogens with one attached hydrogen (secondary N) is 1. The third-order valence-electron chi connectivity index (χ3n) is 4.40. The highest BCUT2D eigenvalue weighted by molar-refractivity contribution is 7.12. The van der Waals surface area contributed by atoms with E-state index in [2.05, 4.69) is 5.32 Å². The van der Waals surface area contributed by atoms with Crippen molar-refractivity contribution in [3.8, 4) is 5.75 Å². The summed E-state index contributed by atoms with van der Waals surface area (Å²) in [7, 11) is 0. The Kier molecular flexibility index (Phi) is 5.07. The monoisotopic (exact) mass is 412 g/mol. The van der Waals surface area contributed by atoms with Gasteiger partial charge in [-0.1, -0.05) is 29.8 Å². The van der Waals surface area contributed by atoms with Crippen LogP contribution in [-0.4, -0.2) is 17.9 Å². The van der Waals surface area contributed by atoms with Gasteiger partial charge in [0.25, 0.3) is 11.8 Å². The van der Waals surface area contributed by atoms with Crippen LogP contribution < -0.4 is 15.0 Å². The number of halogens is 1. The van der Waals surface area contributed by atoms with Crippen molar-refractivity contribution in [2.75, 3.05) is 10.2 Å². The van der Waals surface area contributed by atoms with Crippen LogP contribution in [0.5, 0.6) is 5.75 Å². The lowest BCUT2D eigenvalue weighted by atomic mass is 10.1. The first-order valence-corrected chi connectivity index (χ1v) is 9.98. The molecule has 1 aliphatic rings. The highest BCUT2D eigenvalue weighted by atomic mass is 35.5. The van der Waals surface area contributed by atoms with Crippen molar-refractivity contribution >= 4 is 46.1 Å². The van der Waals surface area contributed by atoms with Gasteiger partial charge in [-0.3, -0.25) is 9.59 Å². The molecule has 1 unspecified atom stereocenters. The summed E-state index contributed by atoms with van der Waals surface area (Å²) in [5, 5.41) is 5.33. The fourth-order valence-electron chi connectivity index (χ4n) is 3.07. The van der Waals surface area contributed by atoms with Crippen molar-refractivity contribution in [1.29, 1.82) is 0 Å². The molecular formula is C21H17ClN2O3S. The molecule has 1 atom stereocenters. The van der Waals surface area contributed by atoms with Crippen LogP contribution in [0.2, 0.25) is 5.02 Å². The van der Waals surface area contributed by atoms with Crippen molar-refractivity contribution in [3.63, 3.8) is 0 Å². The van der Waals surface area contributed by atoms with E-state index < -0.39 is 6.10 Å². The van der Waals surface area contributed by atoms with Gasteiger partial charge >= 0.3 is 0 Å². The number of benzene rings is 2. The van der Waals surface area contributed by atoms with Gasteiger partial charge in [-0.25, -0.2) is 0 Å². The fraction of sp³-hybridized carbons (Fsp3) is 0.143. The zero-order valence-corrected chi connectivity index (χ0v) is 16.6. The molecule has 2 aromatic carbocycles. The lowest BCUT2D eigenvalue weighted by Gasteiger charge is -2.33. The summed E-state index contributed by atoms with van der Waals surface area (Å²) in [6, 6.07) is 16.3. The number of ether oxygens (including phenoxy) is 1. The Morgan fingerprint density at radius 1 is 1.21 bits per heavy atom. The van der Waals surface area contributed by atoms with E-state index in [4.69, 9.17) is 16.3 Å². The highest BCUT2D eigenvalue weighted by Crippen LogP contribution is 2.37. The minimum Gasteiger partial charge on any atom is -0.479 e. The Labute approximate surface area is 171 Å². The third kappa shape index (κ3) is 3.74. The Bertz CT molecular complexity index is 1040. The molecule has 0 radical (unpaired) electrons. The van der Waals surface area contributed by atoms with Crippen molar-refractivity contribution < 1.29 is 14.3 Å². The van der Waals surface area contributed by atoms with Gasteiger partial charge in [0, 0.05) is 10.7 Å². The maximum absolute atomic E-state index is 12.8. The molecule has 0 spiro atoms. The predicted molar refractivity (Wildman–Crippen MR) is 111 cm³/mol. The van der Waals surface area contributed by atoms with Crippen LogP contribution in [0.1, 0.15) is 22.2 Å². The highest BCUT2D eigenvalue weighted by Gasteiger charge is 2.32. The second-order valence-corrected chi connectivity index (χ2v) is 7.81. The summed E-state index contributed by atoms with van der Waals surface area (Å²) in [4.78, 5) is 27.4. The molecule has 3 aromatic rings. The number of carbonyl (C=O) groups is 2. The van der Waals surface area contributed by atoms with Crippen LogP contribution >= 0.6 is 22.9 Å². The van der Waals surface area contributed by atoms with E-state index in [-0.39, 0.29) is 11.8 Å². The first-order chi connectivity index (χ1) is 13.5. The smallest absolute Gasteiger partial charge is 0.268 e. The number of amides is 2. The van der Waals surface area contributed by atoms with Gasteiger partial charge in [0.1, 0.15) is 5.75 Å². The summed E-state index contributed by atoms with van der Waals surface area (Å²) in [6.07, 6.45) is -0.585. The van der Waals surface area contributed by atoms with Crippen LogP contribution in [0.3, 0.4) is 0 Å². The van der Waals surface area contributed by atoms with Gasteiger partial charge in [-0.2, -0.15) is 0 Å². The fourth-order valence-corrected chi connectivity index (χ4v) is 3.90. The second-order valence-electron chi connectivity index (χ2n) is 6.43. The summed E-state index contributed by atoms with van der Waals surface area (Å²) in [6.45, 7) is 2.09. The number of hydrogen-bond donors (Lipinski definition) is 1. The molecule has 0 saturated carbocycles. The lowest BCUT2D eigenvalue weighted by molar-refractivity contribution is -0.125. The van der Waals surface area contributed by atoms with E-state index in [9.17, 15) is 9.59 Å². The van der Waals surface area contributed by atoms with E-state index >= 15 is 0 Å². The van der Waals surface area contributed by atoms with E-state index in [1.165, 1.54) is 11.3 Å². The second kappa shape index (κ2) is 7.66. The van der Waals surface area contributed by atoms with Crippen molar-refractivity contribution in [2.24, 2.45) is 0 Å². The lowest BCUT2D eigenvalue weighted by Crippen LogP contribution is -2.44. The normalized spacial score (nSPS) is 15.7. The number of rotatable bonds is 4. The number of nitrogens with zero attached hydrogens (tertiary/aromatic N) is 1. The van der Waals surface area contributed by atoms with Crippen LogP contribution in [0.15, 0.2) is 60.0 Å². The van der Waals surface area contributed by atoms with Crippen molar-refractivity contribution in [3.05, 3.63) is 75.4 Å². The number of hydrogen-bond acceptors (Lipinski definition) is 4. The minimum atomic E-state index is -0.585.